The normalized spacial score (nSPS) is 11.9. The van der Waals surface area contributed by atoms with E-state index in [9.17, 15) is 9.59 Å². The molecule has 0 aliphatic rings. The van der Waals surface area contributed by atoms with Crippen molar-refractivity contribution in [1.29, 1.82) is 0 Å². The molecule has 0 saturated heterocycles. The Morgan fingerprint density at radius 1 is 0.781 bits per heavy atom. The molecule has 32 heavy (non-hydrogen) atoms. The van der Waals surface area contributed by atoms with Gasteiger partial charge in [0, 0.05) is 12.3 Å². The smallest absolute Gasteiger partial charge is 0.305 e. The number of unbranched alkanes of at least 4 members (excludes halogenated alkanes) is 5. The van der Waals surface area contributed by atoms with Gasteiger partial charge in [0.1, 0.15) is 6.61 Å². The maximum absolute atomic E-state index is 12.1. The summed E-state index contributed by atoms with van der Waals surface area (Å²) in [6, 6.07) is 0. The van der Waals surface area contributed by atoms with Crippen molar-refractivity contribution in [2.45, 2.75) is 111 Å². The minimum absolute atomic E-state index is 0.0889. The summed E-state index contributed by atoms with van der Waals surface area (Å²) in [7, 11) is 0. The van der Waals surface area contributed by atoms with Crippen LogP contribution in [0.4, 0.5) is 0 Å². The highest BCUT2D eigenvalue weighted by molar-refractivity contribution is 5.78. The van der Waals surface area contributed by atoms with Gasteiger partial charge in [-0.1, -0.05) is 89.3 Å². The van der Waals surface area contributed by atoms with Crippen molar-refractivity contribution in [3.05, 3.63) is 36.5 Å². The Morgan fingerprint density at radius 2 is 1.38 bits per heavy atom. The van der Waals surface area contributed by atoms with Gasteiger partial charge in [-0.15, -0.1) is 0 Å². The van der Waals surface area contributed by atoms with Gasteiger partial charge >= 0.3 is 5.97 Å². The van der Waals surface area contributed by atoms with E-state index >= 15 is 0 Å². The fourth-order valence-electron chi connectivity index (χ4n) is 3.55. The number of esters is 1. The Labute approximate surface area is 198 Å². The highest BCUT2D eigenvalue weighted by atomic mass is 16.5. The van der Waals surface area contributed by atoms with E-state index in [1.807, 2.05) is 0 Å². The summed E-state index contributed by atoms with van der Waals surface area (Å²) in [5, 5.41) is 2.90. The first-order chi connectivity index (χ1) is 15.7. The second-order valence-corrected chi connectivity index (χ2v) is 8.39. The number of rotatable bonds is 21. The van der Waals surface area contributed by atoms with Gasteiger partial charge in [-0.05, 0) is 51.4 Å². The maximum Gasteiger partial charge on any atom is 0.305 e. The van der Waals surface area contributed by atoms with Gasteiger partial charge < -0.3 is 10.1 Å². The van der Waals surface area contributed by atoms with Crippen molar-refractivity contribution in [3.63, 3.8) is 0 Å². The number of allylic oxidation sites excluding steroid dienone is 6. The monoisotopic (exact) mass is 447 g/mol. The van der Waals surface area contributed by atoms with Crippen molar-refractivity contribution in [3.8, 4) is 0 Å². The second kappa shape index (κ2) is 23.8. The molecular weight excluding hydrogens is 398 g/mol. The number of nitrogens with one attached hydrogen (secondary N) is 1. The molecule has 0 aromatic carbocycles. The highest BCUT2D eigenvalue weighted by Gasteiger charge is 2.15. The first-order valence-electron chi connectivity index (χ1n) is 13.0. The third kappa shape index (κ3) is 20.1. The third-order valence-electron chi connectivity index (χ3n) is 5.34. The van der Waals surface area contributed by atoms with Gasteiger partial charge in [-0.3, -0.25) is 9.59 Å². The zero-order valence-corrected chi connectivity index (χ0v) is 21.1. The van der Waals surface area contributed by atoms with Crippen molar-refractivity contribution < 1.29 is 14.3 Å². The van der Waals surface area contributed by atoms with Crippen LogP contribution in [0.2, 0.25) is 0 Å². The van der Waals surface area contributed by atoms with Gasteiger partial charge in [0.05, 0.1) is 6.54 Å². The molecule has 0 fully saturated rings. The summed E-state index contributed by atoms with van der Waals surface area (Å²) in [5.74, 6) is 0.0287. The SMILES string of the molecule is CC/C=C\C/C=C\C/C=C\CCCCCCCC(=O)OCCNC(=O)C(CCC)CCC. The zero-order valence-electron chi connectivity index (χ0n) is 21.1. The van der Waals surface area contributed by atoms with Crippen molar-refractivity contribution in [1.82, 2.24) is 5.32 Å². The van der Waals surface area contributed by atoms with Crippen LogP contribution in [0.1, 0.15) is 111 Å². The van der Waals surface area contributed by atoms with Crippen LogP contribution >= 0.6 is 0 Å². The second-order valence-electron chi connectivity index (χ2n) is 8.39. The molecule has 0 rings (SSSR count). The molecule has 0 atom stereocenters. The third-order valence-corrected chi connectivity index (χ3v) is 5.34. The van der Waals surface area contributed by atoms with E-state index < -0.39 is 0 Å². The number of hydrogen-bond acceptors (Lipinski definition) is 3. The topological polar surface area (TPSA) is 55.4 Å². The zero-order chi connectivity index (χ0) is 23.7. The summed E-state index contributed by atoms with van der Waals surface area (Å²) >= 11 is 0. The summed E-state index contributed by atoms with van der Waals surface area (Å²) in [5.41, 5.74) is 0. The van der Waals surface area contributed by atoms with Crippen LogP contribution in [0, 0.1) is 5.92 Å². The first-order valence-corrected chi connectivity index (χ1v) is 13.0. The van der Waals surface area contributed by atoms with Crippen LogP contribution in [-0.4, -0.2) is 25.0 Å². The van der Waals surface area contributed by atoms with Crippen LogP contribution in [0.5, 0.6) is 0 Å². The van der Waals surface area contributed by atoms with Crippen molar-refractivity contribution >= 4 is 11.9 Å². The van der Waals surface area contributed by atoms with E-state index in [0.717, 1.165) is 70.6 Å². The Hall–Kier alpha value is -1.84. The van der Waals surface area contributed by atoms with Crippen LogP contribution in [0.3, 0.4) is 0 Å². The molecule has 0 bridgehead atoms. The number of ether oxygens (including phenoxy) is 1. The minimum Gasteiger partial charge on any atom is -0.464 e. The highest BCUT2D eigenvalue weighted by Crippen LogP contribution is 2.13. The van der Waals surface area contributed by atoms with E-state index in [-0.39, 0.29) is 24.4 Å². The van der Waals surface area contributed by atoms with Crippen LogP contribution in [0.15, 0.2) is 36.5 Å². The number of carbonyl (C=O) groups is 2. The number of amides is 1. The van der Waals surface area contributed by atoms with Crippen molar-refractivity contribution in [2.75, 3.05) is 13.2 Å². The van der Waals surface area contributed by atoms with Crippen LogP contribution < -0.4 is 5.32 Å². The Bertz CT molecular complexity index is 531. The van der Waals surface area contributed by atoms with E-state index in [0.29, 0.717) is 13.0 Å². The molecule has 0 heterocycles. The van der Waals surface area contributed by atoms with E-state index in [1.54, 1.807) is 0 Å². The molecule has 0 unspecified atom stereocenters. The Morgan fingerprint density at radius 3 is 2.03 bits per heavy atom. The lowest BCUT2D eigenvalue weighted by Crippen LogP contribution is -2.33. The molecule has 4 nitrogen and oxygen atoms in total. The van der Waals surface area contributed by atoms with E-state index in [1.165, 1.54) is 12.8 Å². The Kier molecular flexibility index (Phi) is 22.4. The fraction of sp³-hybridized carbons (Fsp3) is 0.714. The quantitative estimate of drug-likeness (QED) is 0.113. The summed E-state index contributed by atoms with van der Waals surface area (Å²) in [4.78, 5) is 23.9. The van der Waals surface area contributed by atoms with Gasteiger partial charge in [0.15, 0.2) is 0 Å². The molecule has 0 aliphatic heterocycles. The average Bonchev–Trinajstić information content (AvgIpc) is 2.79. The van der Waals surface area contributed by atoms with Gasteiger partial charge in [0.25, 0.3) is 0 Å². The molecule has 0 spiro atoms. The largest absolute Gasteiger partial charge is 0.464 e. The molecule has 4 heteroatoms. The minimum atomic E-state index is -0.154. The lowest BCUT2D eigenvalue weighted by atomic mass is 9.97. The maximum atomic E-state index is 12.1. The van der Waals surface area contributed by atoms with Gasteiger partial charge in [-0.25, -0.2) is 0 Å². The molecule has 0 aromatic heterocycles. The average molecular weight is 448 g/mol. The molecule has 0 saturated carbocycles. The lowest BCUT2D eigenvalue weighted by molar-refractivity contribution is -0.144. The van der Waals surface area contributed by atoms with E-state index in [2.05, 4.69) is 62.5 Å². The molecule has 0 radical (unpaired) electrons. The standard InChI is InChI=1S/C28H49NO3/c1-4-7-8-9-10-11-12-13-14-15-16-17-18-19-20-23-27(30)32-25-24-29-28(31)26(21-5-2)22-6-3/h7-8,10-11,13-14,26H,4-6,9,12,15-25H2,1-3H3,(H,29,31)/b8-7-,11-10-,14-13-. The lowest BCUT2D eigenvalue weighted by Gasteiger charge is -2.15. The van der Waals surface area contributed by atoms with Crippen LogP contribution in [0.25, 0.3) is 0 Å². The summed E-state index contributed by atoms with van der Waals surface area (Å²) < 4.78 is 5.24. The molecule has 1 amide bonds. The summed E-state index contributed by atoms with van der Waals surface area (Å²) in [6.07, 6.45) is 27.5. The molecule has 0 aliphatic carbocycles. The first kappa shape index (κ1) is 30.2. The number of carbonyl (C=O) groups excluding carboxylic acids is 2. The Balaban J connectivity index is 3.54. The van der Waals surface area contributed by atoms with E-state index in [4.69, 9.17) is 4.74 Å². The summed E-state index contributed by atoms with van der Waals surface area (Å²) in [6.45, 7) is 7.03. The molecule has 0 aromatic rings. The fourth-order valence-corrected chi connectivity index (χ4v) is 3.55. The molecule has 184 valence electrons. The van der Waals surface area contributed by atoms with Gasteiger partial charge in [0.2, 0.25) is 5.91 Å². The van der Waals surface area contributed by atoms with Crippen molar-refractivity contribution in [2.24, 2.45) is 5.92 Å². The molecule has 1 N–H and O–H groups in total. The van der Waals surface area contributed by atoms with Gasteiger partial charge in [-0.2, -0.15) is 0 Å². The van der Waals surface area contributed by atoms with Crippen LogP contribution in [-0.2, 0) is 14.3 Å². The predicted octanol–water partition coefficient (Wildman–Crippen LogP) is 7.45. The predicted molar refractivity (Wildman–Crippen MR) is 137 cm³/mol. The molecular formula is C28H49NO3. The number of hydrogen-bond donors (Lipinski definition) is 1.